The summed E-state index contributed by atoms with van der Waals surface area (Å²) in [5.41, 5.74) is 7.92. The fourth-order valence-electron chi connectivity index (χ4n) is 1.91. The summed E-state index contributed by atoms with van der Waals surface area (Å²) in [6.07, 6.45) is 2.99. The number of pyridine rings is 1. The summed E-state index contributed by atoms with van der Waals surface area (Å²) in [4.78, 5) is 7.08. The predicted octanol–water partition coefficient (Wildman–Crippen LogP) is 3.97. The first-order chi connectivity index (χ1) is 8.69. The van der Waals surface area contributed by atoms with Crippen molar-refractivity contribution in [3.63, 3.8) is 0 Å². The molecule has 0 bridgehead atoms. The van der Waals surface area contributed by atoms with E-state index in [1.807, 2.05) is 22.7 Å². The van der Waals surface area contributed by atoms with Crippen LogP contribution in [0.4, 0.5) is 5.82 Å². The van der Waals surface area contributed by atoms with E-state index in [0.29, 0.717) is 5.82 Å². The Morgan fingerprint density at radius 3 is 2.89 bits per heavy atom. The molecule has 0 atom stereocenters. The van der Waals surface area contributed by atoms with E-state index in [1.54, 1.807) is 11.3 Å². The summed E-state index contributed by atoms with van der Waals surface area (Å²) in [5.74, 6) is 0.691. The fraction of sp³-hybridized carbons (Fsp3) is 0.154. The first kappa shape index (κ1) is 11.7. The minimum absolute atomic E-state index is 0.691. The van der Waals surface area contributed by atoms with Gasteiger partial charge in [-0.05, 0) is 46.6 Å². The molecule has 0 spiro atoms. The number of aryl methyl sites for hydroxylation is 1. The lowest BCUT2D eigenvalue weighted by molar-refractivity contribution is 1.18. The maximum Gasteiger partial charge on any atom is 0.139 e. The van der Waals surface area contributed by atoms with Gasteiger partial charge in [0.2, 0.25) is 0 Å². The number of nitrogen functional groups attached to an aromatic ring is 1. The van der Waals surface area contributed by atoms with Gasteiger partial charge in [-0.2, -0.15) is 0 Å². The highest BCUT2D eigenvalue weighted by molar-refractivity contribution is 9.10. The van der Waals surface area contributed by atoms with Gasteiger partial charge in [-0.15, -0.1) is 11.3 Å². The molecule has 3 aromatic heterocycles. The molecule has 3 aromatic rings. The Kier molecular flexibility index (Phi) is 2.87. The zero-order valence-corrected chi connectivity index (χ0v) is 12.3. The van der Waals surface area contributed by atoms with Crippen molar-refractivity contribution in [3.05, 3.63) is 39.8 Å². The van der Waals surface area contributed by atoms with Gasteiger partial charge in [0, 0.05) is 15.5 Å². The van der Waals surface area contributed by atoms with Gasteiger partial charge in [-0.1, -0.05) is 6.92 Å². The molecule has 2 N–H and O–H groups in total. The van der Waals surface area contributed by atoms with Crippen LogP contribution in [-0.2, 0) is 6.42 Å². The molecule has 92 valence electrons. The van der Waals surface area contributed by atoms with Crippen LogP contribution in [0.5, 0.6) is 0 Å². The largest absolute Gasteiger partial charge is 0.383 e. The minimum atomic E-state index is 0.691. The highest BCUT2D eigenvalue weighted by Crippen LogP contribution is 2.32. The predicted molar refractivity (Wildman–Crippen MR) is 80.0 cm³/mol. The number of hydrogen-bond donors (Lipinski definition) is 1. The zero-order valence-electron chi connectivity index (χ0n) is 9.85. The van der Waals surface area contributed by atoms with Crippen molar-refractivity contribution in [1.29, 1.82) is 0 Å². The van der Waals surface area contributed by atoms with Gasteiger partial charge in [-0.25, -0.2) is 4.98 Å². The smallest absolute Gasteiger partial charge is 0.139 e. The van der Waals surface area contributed by atoms with Crippen molar-refractivity contribution in [2.24, 2.45) is 0 Å². The van der Waals surface area contributed by atoms with Crippen molar-refractivity contribution >= 4 is 38.7 Å². The molecule has 18 heavy (non-hydrogen) atoms. The van der Waals surface area contributed by atoms with Gasteiger partial charge in [-0.3, -0.25) is 4.40 Å². The molecule has 3 nitrogen and oxygen atoms in total. The summed E-state index contributed by atoms with van der Waals surface area (Å²) < 4.78 is 2.90. The zero-order chi connectivity index (χ0) is 12.7. The Balaban J connectivity index is 2.20. The number of halogens is 1. The normalized spacial score (nSPS) is 11.2. The topological polar surface area (TPSA) is 43.3 Å². The highest BCUT2D eigenvalue weighted by Gasteiger charge is 2.13. The third-order valence-corrected chi connectivity index (χ3v) is 4.57. The quantitative estimate of drug-likeness (QED) is 0.776. The second-order valence-corrected chi connectivity index (χ2v) is 6.12. The van der Waals surface area contributed by atoms with Crippen LogP contribution in [0.25, 0.3) is 16.2 Å². The SMILES string of the molecule is CCc1ccc(-c2nc3ccc(Br)cn3c2N)s1. The number of hydrogen-bond acceptors (Lipinski definition) is 3. The molecule has 0 saturated carbocycles. The number of aromatic nitrogens is 2. The van der Waals surface area contributed by atoms with Gasteiger partial charge >= 0.3 is 0 Å². The number of imidazole rings is 1. The fourth-order valence-corrected chi connectivity index (χ4v) is 3.20. The molecule has 0 amide bonds. The number of rotatable bonds is 2. The molecule has 0 fully saturated rings. The van der Waals surface area contributed by atoms with Crippen molar-refractivity contribution in [1.82, 2.24) is 9.38 Å². The van der Waals surface area contributed by atoms with Crippen LogP contribution >= 0.6 is 27.3 Å². The summed E-state index contributed by atoms with van der Waals surface area (Å²) in [6.45, 7) is 2.15. The third kappa shape index (κ3) is 1.83. The molecule has 3 rings (SSSR count). The Morgan fingerprint density at radius 1 is 1.33 bits per heavy atom. The summed E-state index contributed by atoms with van der Waals surface area (Å²) in [7, 11) is 0. The average molecular weight is 322 g/mol. The van der Waals surface area contributed by atoms with Gasteiger partial charge in [0.1, 0.15) is 17.2 Å². The van der Waals surface area contributed by atoms with E-state index in [9.17, 15) is 0 Å². The highest BCUT2D eigenvalue weighted by atomic mass is 79.9. The van der Waals surface area contributed by atoms with E-state index in [4.69, 9.17) is 5.73 Å². The first-order valence-corrected chi connectivity index (χ1v) is 7.32. The van der Waals surface area contributed by atoms with E-state index in [1.165, 1.54) is 4.88 Å². The maximum atomic E-state index is 6.18. The van der Waals surface area contributed by atoms with Crippen molar-refractivity contribution in [2.45, 2.75) is 13.3 Å². The molecule has 0 aliphatic carbocycles. The number of thiophene rings is 1. The summed E-state index contributed by atoms with van der Waals surface area (Å²) in [5, 5.41) is 0. The number of fused-ring (bicyclic) bond motifs is 1. The average Bonchev–Trinajstić information content (AvgIpc) is 2.95. The van der Waals surface area contributed by atoms with Gasteiger partial charge in [0.05, 0.1) is 4.88 Å². The molecule has 0 aliphatic rings. The molecule has 0 radical (unpaired) electrons. The molecule has 0 unspecified atom stereocenters. The lowest BCUT2D eigenvalue weighted by atomic mass is 10.3. The van der Waals surface area contributed by atoms with Crippen LogP contribution in [0.15, 0.2) is 34.9 Å². The molecule has 3 heterocycles. The Hall–Kier alpha value is -1.33. The van der Waals surface area contributed by atoms with Crippen LogP contribution < -0.4 is 5.73 Å². The van der Waals surface area contributed by atoms with Crippen LogP contribution in [0.2, 0.25) is 0 Å². The lowest BCUT2D eigenvalue weighted by Gasteiger charge is -1.97. The monoisotopic (exact) mass is 321 g/mol. The Labute approximate surface area is 117 Å². The van der Waals surface area contributed by atoms with Crippen LogP contribution in [0.1, 0.15) is 11.8 Å². The molecule has 5 heteroatoms. The van der Waals surface area contributed by atoms with Crippen LogP contribution in [0.3, 0.4) is 0 Å². The number of anilines is 1. The second kappa shape index (κ2) is 4.40. The van der Waals surface area contributed by atoms with Crippen molar-refractivity contribution in [3.8, 4) is 10.6 Å². The first-order valence-electron chi connectivity index (χ1n) is 5.71. The van der Waals surface area contributed by atoms with Gasteiger partial charge in [0.15, 0.2) is 0 Å². The van der Waals surface area contributed by atoms with E-state index in [2.05, 4.69) is 40.0 Å². The van der Waals surface area contributed by atoms with Crippen molar-refractivity contribution in [2.75, 3.05) is 5.73 Å². The van der Waals surface area contributed by atoms with E-state index < -0.39 is 0 Å². The number of nitrogens with zero attached hydrogens (tertiary/aromatic N) is 2. The van der Waals surface area contributed by atoms with E-state index in [-0.39, 0.29) is 0 Å². The Morgan fingerprint density at radius 2 is 2.17 bits per heavy atom. The third-order valence-electron chi connectivity index (χ3n) is 2.86. The lowest BCUT2D eigenvalue weighted by Crippen LogP contribution is -1.93. The molecule has 0 saturated heterocycles. The molecular formula is C13H12BrN3S. The second-order valence-electron chi connectivity index (χ2n) is 4.04. The molecule has 0 aromatic carbocycles. The van der Waals surface area contributed by atoms with Crippen LogP contribution in [-0.4, -0.2) is 9.38 Å². The van der Waals surface area contributed by atoms with Crippen molar-refractivity contribution < 1.29 is 0 Å². The number of nitrogens with two attached hydrogens (primary N) is 1. The summed E-state index contributed by atoms with van der Waals surface area (Å²) in [6, 6.07) is 8.16. The molecular weight excluding hydrogens is 310 g/mol. The van der Waals surface area contributed by atoms with E-state index >= 15 is 0 Å². The van der Waals surface area contributed by atoms with Gasteiger partial charge in [0.25, 0.3) is 0 Å². The Bertz CT molecular complexity index is 714. The van der Waals surface area contributed by atoms with Gasteiger partial charge < -0.3 is 5.73 Å². The summed E-state index contributed by atoms with van der Waals surface area (Å²) >= 11 is 5.20. The van der Waals surface area contributed by atoms with E-state index in [0.717, 1.165) is 27.1 Å². The molecule has 0 aliphatic heterocycles. The maximum absolute atomic E-state index is 6.18. The van der Waals surface area contributed by atoms with Crippen LogP contribution in [0, 0.1) is 0 Å². The standard InChI is InChI=1S/C13H12BrN3S/c1-2-9-4-5-10(18-9)12-13(15)17-7-8(14)3-6-11(17)16-12/h3-7H,2,15H2,1H3. The minimum Gasteiger partial charge on any atom is -0.383 e.